The predicted molar refractivity (Wildman–Crippen MR) is 57.5 cm³/mol. The zero-order valence-electron chi connectivity index (χ0n) is 8.36. The summed E-state index contributed by atoms with van der Waals surface area (Å²) in [5.41, 5.74) is 0. The van der Waals surface area contributed by atoms with Crippen LogP contribution in [0.25, 0.3) is 0 Å². The smallest absolute Gasteiger partial charge is 0.382 e. The third-order valence-corrected chi connectivity index (χ3v) is 3.53. The zero-order valence-corrected chi connectivity index (χ0v) is 9.25. The third kappa shape index (κ3) is 1.99. The van der Waals surface area contributed by atoms with Crippen molar-refractivity contribution in [2.24, 2.45) is 0 Å². The number of hydrogen-bond donors (Lipinski definition) is 1. The molecule has 1 aromatic carbocycles. The Balaban J connectivity index is 1.98. The molecule has 2 rings (SSSR count). The molecule has 1 heterocycles. The van der Waals surface area contributed by atoms with Crippen molar-refractivity contribution < 1.29 is 9.05 Å². The van der Waals surface area contributed by atoms with Gasteiger partial charge in [-0.25, -0.2) is 5.09 Å². The van der Waals surface area contributed by atoms with E-state index in [4.69, 9.17) is 9.05 Å². The van der Waals surface area contributed by atoms with E-state index >= 15 is 0 Å². The summed E-state index contributed by atoms with van der Waals surface area (Å²) in [4.78, 5) is 0. The molecule has 1 aliphatic heterocycles. The van der Waals surface area contributed by atoms with Gasteiger partial charge in [0.2, 0.25) is 0 Å². The maximum atomic E-state index is 5.61. The highest BCUT2D eigenvalue weighted by atomic mass is 31.2. The van der Waals surface area contributed by atoms with Crippen LogP contribution >= 0.6 is 8.53 Å². The van der Waals surface area contributed by atoms with Gasteiger partial charge in [-0.2, -0.15) is 0 Å². The summed E-state index contributed by atoms with van der Waals surface area (Å²) in [7, 11) is -0.967. The van der Waals surface area contributed by atoms with E-state index in [9.17, 15) is 0 Å². The molecular formula is C10H14NO2P. The molecule has 3 nitrogen and oxygen atoms in total. The van der Waals surface area contributed by atoms with E-state index in [-0.39, 0.29) is 0 Å². The number of rotatable bonds is 3. The first-order chi connectivity index (χ1) is 6.79. The van der Waals surface area contributed by atoms with Gasteiger partial charge in [-0.05, 0) is 25.5 Å². The second kappa shape index (κ2) is 4.16. The number of benzene rings is 1. The molecule has 0 amide bonds. The lowest BCUT2D eigenvalue weighted by atomic mass is 10.3. The van der Waals surface area contributed by atoms with Gasteiger partial charge in [0.05, 0.1) is 0 Å². The van der Waals surface area contributed by atoms with Crippen LogP contribution in [0.3, 0.4) is 0 Å². The van der Waals surface area contributed by atoms with Crippen molar-refractivity contribution >= 4 is 8.53 Å². The van der Waals surface area contributed by atoms with E-state index in [1.807, 2.05) is 24.3 Å². The first-order valence-electron chi connectivity index (χ1n) is 4.81. The largest absolute Gasteiger partial charge is 0.423 e. The summed E-state index contributed by atoms with van der Waals surface area (Å²) in [6, 6.07) is 8.18. The fourth-order valence-corrected chi connectivity index (χ4v) is 2.47. The van der Waals surface area contributed by atoms with Crippen molar-refractivity contribution in [2.45, 2.75) is 26.3 Å². The highest BCUT2D eigenvalue weighted by Gasteiger charge is 2.26. The Hall–Kier alpha value is -0.790. The normalized spacial score (nSPS) is 17.0. The van der Waals surface area contributed by atoms with Gasteiger partial charge >= 0.3 is 8.53 Å². The van der Waals surface area contributed by atoms with Crippen molar-refractivity contribution in [1.29, 1.82) is 0 Å². The van der Waals surface area contributed by atoms with Gasteiger partial charge in [0.1, 0.15) is 0 Å². The molecule has 0 saturated heterocycles. The van der Waals surface area contributed by atoms with Crippen molar-refractivity contribution in [2.75, 3.05) is 0 Å². The molecule has 0 aliphatic carbocycles. The maximum Gasteiger partial charge on any atom is 0.382 e. The minimum atomic E-state index is -0.967. The van der Waals surface area contributed by atoms with E-state index in [1.54, 1.807) is 0 Å². The van der Waals surface area contributed by atoms with Crippen LogP contribution in [0.5, 0.6) is 11.5 Å². The standard InChI is InChI=1S/C10H14NO2P/c1-3-8(2)11-14-12-9-6-4-5-7-10(9)13-14/h4-8,11H,3H2,1-2H3. The Kier molecular flexibility index (Phi) is 2.90. The SMILES string of the molecule is CCC(C)NP1Oc2ccccc2O1. The lowest BCUT2D eigenvalue weighted by Gasteiger charge is -2.14. The molecule has 1 aromatic rings. The molecule has 4 heteroatoms. The van der Waals surface area contributed by atoms with Gasteiger partial charge in [-0.1, -0.05) is 19.1 Å². The van der Waals surface area contributed by atoms with Crippen LogP contribution < -0.4 is 14.1 Å². The fourth-order valence-electron chi connectivity index (χ4n) is 1.12. The van der Waals surface area contributed by atoms with Crippen molar-refractivity contribution in [3.05, 3.63) is 24.3 Å². The fraction of sp³-hybridized carbons (Fsp3) is 0.400. The summed E-state index contributed by atoms with van der Waals surface area (Å²) in [5, 5.41) is 3.30. The van der Waals surface area contributed by atoms with Crippen molar-refractivity contribution in [3.63, 3.8) is 0 Å². The Morgan fingerprint density at radius 1 is 1.29 bits per heavy atom. The Morgan fingerprint density at radius 2 is 1.86 bits per heavy atom. The van der Waals surface area contributed by atoms with Crippen LogP contribution in [0.15, 0.2) is 24.3 Å². The van der Waals surface area contributed by atoms with Crippen molar-refractivity contribution in [3.8, 4) is 11.5 Å². The molecule has 0 fully saturated rings. The van der Waals surface area contributed by atoms with Gasteiger partial charge in [-0.3, -0.25) is 0 Å². The van der Waals surface area contributed by atoms with E-state index < -0.39 is 8.53 Å². The molecule has 0 aromatic heterocycles. The lowest BCUT2D eigenvalue weighted by molar-refractivity contribution is 0.521. The van der Waals surface area contributed by atoms with Crippen LogP contribution in [-0.2, 0) is 0 Å². The highest BCUT2D eigenvalue weighted by molar-refractivity contribution is 7.46. The Morgan fingerprint density at radius 3 is 2.36 bits per heavy atom. The first-order valence-corrected chi connectivity index (χ1v) is 5.98. The van der Waals surface area contributed by atoms with E-state index in [0.717, 1.165) is 17.9 Å². The average molecular weight is 211 g/mol. The number of fused-ring (bicyclic) bond motifs is 1. The predicted octanol–water partition coefficient (Wildman–Crippen LogP) is 3.07. The zero-order chi connectivity index (χ0) is 9.97. The molecule has 1 N–H and O–H groups in total. The van der Waals surface area contributed by atoms with Crippen LogP contribution in [0, 0.1) is 0 Å². The summed E-state index contributed by atoms with van der Waals surface area (Å²) >= 11 is 0. The summed E-state index contributed by atoms with van der Waals surface area (Å²) < 4.78 is 11.2. The molecule has 1 atom stereocenters. The molecule has 0 saturated carbocycles. The first kappa shape index (κ1) is 9.75. The number of hydrogen-bond acceptors (Lipinski definition) is 3. The molecule has 0 spiro atoms. The maximum absolute atomic E-state index is 5.61. The topological polar surface area (TPSA) is 30.5 Å². The molecule has 14 heavy (non-hydrogen) atoms. The van der Waals surface area contributed by atoms with Gasteiger partial charge in [0.25, 0.3) is 0 Å². The van der Waals surface area contributed by atoms with Crippen LogP contribution in [0.2, 0.25) is 0 Å². The summed E-state index contributed by atoms with van der Waals surface area (Å²) in [6.45, 7) is 4.26. The average Bonchev–Trinajstić information content (AvgIpc) is 2.59. The van der Waals surface area contributed by atoms with Crippen LogP contribution in [-0.4, -0.2) is 6.04 Å². The third-order valence-electron chi connectivity index (χ3n) is 2.15. The molecule has 1 unspecified atom stereocenters. The quantitative estimate of drug-likeness (QED) is 0.779. The van der Waals surface area contributed by atoms with Crippen LogP contribution in [0.1, 0.15) is 20.3 Å². The second-order valence-corrected chi connectivity index (χ2v) is 4.46. The van der Waals surface area contributed by atoms with Gasteiger partial charge in [0.15, 0.2) is 11.5 Å². The van der Waals surface area contributed by atoms with Gasteiger partial charge in [-0.15, -0.1) is 0 Å². The monoisotopic (exact) mass is 211 g/mol. The number of para-hydroxylation sites is 2. The Labute approximate surface area is 85.4 Å². The summed E-state index contributed by atoms with van der Waals surface area (Å²) in [6.07, 6.45) is 1.07. The minimum absolute atomic E-state index is 0.426. The number of nitrogens with one attached hydrogen (secondary N) is 1. The minimum Gasteiger partial charge on any atom is -0.423 e. The van der Waals surface area contributed by atoms with Crippen molar-refractivity contribution in [1.82, 2.24) is 5.09 Å². The second-order valence-electron chi connectivity index (χ2n) is 3.32. The molecule has 0 bridgehead atoms. The molecule has 0 radical (unpaired) electrons. The molecule has 76 valence electrons. The Bertz CT molecular complexity index is 294. The van der Waals surface area contributed by atoms with Gasteiger partial charge in [0, 0.05) is 6.04 Å². The van der Waals surface area contributed by atoms with E-state index in [0.29, 0.717) is 6.04 Å². The molecular weight excluding hydrogens is 197 g/mol. The lowest BCUT2D eigenvalue weighted by Crippen LogP contribution is -2.22. The van der Waals surface area contributed by atoms with Crippen LogP contribution in [0.4, 0.5) is 0 Å². The molecule has 1 aliphatic rings. The van der Waals surface area contributed by atoms with Gasteiger partial charge < -0.3 is 9.05 Å². The highest BCUT2D eigenvalue weighted by Crippen LogP contribution is 2.49. The summed E-state index contributed by atoms with van der Waals surface area (Å²) in [5.74, 6) is 1.68. The van der Waals surface area contributed by atoms with E-state index in [1.165, 1.54) is 0 Å². The van der Waals surface area contributed by atoms with E-state index in [2.05, 4.69) is 18.9 Å².